The van der Waals surface area contributed by atoms with Crippen molar-refractivity contribution in [2.45, 2.75) is 19.9 Å². The number of benzene rings is 1. The van der Waals surface area contributed by atoms with E-state index in [-0.39, 0.29) is 21.1 Å². The van der Waals surface area contributed by atoms with Crippen molar-refractivity contribution in [1.29, 1.82) is 0 Å². The summed E-state index contributed by atoms with van der Waals surface area (Å²) in [6, 6.07) is 2.60. The van der Waals surface area contributed by atoms with Crippen molar-refractivity contribution >= 4 is 44.7 Å². The van der Waals surface area contributed by atoms with Crippen LogP contribution in [0.15, 0.2) is 16.6 Å². The first-order valence-electron chi connectivity index (χ1n) is 6.08. The highest BCUT2D eigenvalue weighted by molar-refractivity contribution is 9.10. The van der Waals surface area contributed by atoms with E-state index < -0.39 is 11.9 Å². The third-order valence-electron chi connectivity index (χ3n) is 2.94. The lowest BCUT2D eigenvalue weighted by Crippen LogP contribution is -2.39. The fourth-order valence-electron chi connectivity index (χ4n) is 1.63. The highest BCUT2D eigenvalue weighted by Crippen LogP contribution is 2.27. The molecule has 1 rings (SSSR count). The quantitative estimate of drug-likeness (QED) is 0.791. The molecule has 7 heteroatoms. The zero-order valence-corrected chi connectivity index (χ0v) is 13.9. The molecule has 4 nitrogen and oxygen atoms in total. The number of likely N-dealkylation sites (N-methyl/N-ethyl adjacent to an activating group) is 1. The second kappa shape index (κ2) is 6.99. The smallest absolute Gasteiger partial charge is 0.244 e. The van der Waals surface area contributed by atoms with Crippen molar-refractivity contribution in [3.05, 3.63) is 28.0 Å². The van der Waals surface area contributed by atoms with Crippen LogP contribution in [0.3, 0.4) is 0 Å². The Balaban J connectivity index is 2.97. The Labute approximate surface area is 131 Å². The Bertz CT molecular complexity index is 539. The molecular weight excluding hydrogens is 345 g/mol. The lowest BCUT2D eigenvalue weighted by Gasteiger charge is -2.22. The minimum atomic E-state index is -0.531. The third kappa shape index (κ3) is 3.67. The van der Waals surface area contributed by atoms with Gasteiger partial charge in [0.25, 0.3) is 0 Å². The van der Waals surface area contributed by atoms with Crippen LogP contribution in [-0.2, 0) is 4.79 Å². The predicted octanol–water partition coefficient (Wildman–Crippen LogP) is 2.50. The fraction of sp³-hybridized carbons (Fsp3) is 0.385. The first-order valence-corrected chi connectivity index (χ1v) is 7.29. The van der Waals surface area contributed by atoms with E-state index in [9.17, 15) is 9.18 Å². The van der Waals surface area contributed by atoms with Crippen molar-refractivity contribution in [2.24, 2.45) is 5.73 Å². The van der Waals surface area contributed by atoms with Crippen molar-refractivity contribution in [2.75, 3.05) is 18.9 Å². The molecule has 3 N–H and O–H groups in total. The van der Waals surface area contributed by atoms with Gasteiger partial charge in [0.1, 0.15) is 11.0 Å². The van der Waals surface area contributed by atoms with Crippen LogP contribution in [0.2, 0.25) is 0 Å². The van der Waals surface area contributed by atoms with Crippen LogP contribution in [0.25, 0.3) is 0 Å². The van der Waals surface area contributed by atoms with Gasteiger partial charge in [0.2, 0.25) is 5.91 Å². The van der Waals surface area contributed by atoms with Gasteiger partial charge in [-0.1, -0.05) is 12.2 Å². The maximum absolute atomic E-state index is 14.2. The van der Waals surface area contributed by atoms with E-state index in [0.717, 1.165) is 0 Å². The highest BCUT2D eigenvalue weighted by Gasteiger charge is 2.19. The number of rotatable bonds is 5. The summed E-state index contributed by atoms with van der Waals surface area (Å²) < 4.78 is 14.4. The molecular formula is C13H17BrFN3OS. The van der Waals surface area contributed by atoms with Gasteiger partial charge >= 0.3 is 0 Å². The van der Waals surface area contributed by atoms with Crippen molar-refractivity contribution in [3.8, 4) is 0 Å². The van der Waals surface area contributed by atoms with Crippen molar-refractivity contribution in [1.82, 2.24) is 4.90 Å². The Hall–Kier alpha value is -1.21. The maximum atomic E-state index is 14.2. The Morgan fingerprint density at radius 3 is 2.70 bits per heavy atom. The number of nitrogens with two attached hydrogens (primary N) is 1. The van der Waals surface area contributed by atoms with Gasteiger partial charge in [0.05, 0.1) is 10.2 Å². The second-order valence-corrected chi connectivity index (χ2v) is 5.60. The number of nitrogens with one attached hydrogen (secondary N) is 1. The van der Waals surface area contributed by atoms with E-state index in [1.807, 2.05) is 6.92 Å². The summed E-state index contributed by atoms with van der Waals surface area (Å²) >= 11 is 7.96. The average Bonchev–Trinajstić information content (AvgIpc) is 2.41. The van der Waals surface area contributed by atoms with Gasteiger partial charge in [0.15, 0.2) is 5.82 Å². The molecule has 0 saturated heterocycles. The predicted molar refractivity (Wildman–Crippen MR) is 86.4 cm³/mol. The molecule has 0 bridgehead atoms. The molecule has 110 valence electrons. The molecule has 0 aromatic heterocycles. The van der Waals surface area contributed by atoms with Crippen LogP contribution in [0.4, 0.5) is 10.1 Å². The molecule has 0 fully saturated rings. The van der Waals surface area contributed by atoms with Crippen molar-refractivity contribution in [3.63, 3.8) is 0 Å². The summed E-state index contributed by atoms with van der Waals surface area (Å²) in [4.78, 5) is 13.6. The van der Waals surface area contributed by atoms with E-state index in [0.29, 0.717) is 12.1 Å². The monoisotopic (exact) mass is 361 g/mol. The van der Waals surface area contributed by atoms with Gasteiger partial charge in [-0.05, 0) is 41.9 Å². The van der Waals surface area contributed by atoms with E-state index in [2.05, 4.69) is 21.2 Å². The van der Waals surface area contributed by atoms with Crippen LogP contribution in [0.1, 0.15) is 19.4 Å². The zero-order valence-electron chi connectivity index (χ0n) is 11.5. The van der Waals surface area contributed by atoms with Crippen LogP contribution >= 0.6 is 28.1 Å². The van der Waals surface area contributed by atoms with Gasteiger partial charge in [-0.15, -0.1) is 0 Å². The zero-order chi connectivity index (χ0) is 15.4. The van der Waals surface area contributed by atoms with Gasteiger partial charge in [-0.2, -0.15) is 0 Å². The molecule has 1 amide bonds. The van der Waals surface area contributed by atoms with Crippen LogP contribution in [0, 0.1) is 5.82 Å². The van der Waals surface area contributed by atoms with E-state index in [1.165, 1.54) is 6.07 Å². The molecule has 20 heavy (non-hydrogen) atoms. The molecule has 1 aromatic rings. The molecule has 0 aliphatic heterocycles. The lowest BCUT2D eigenvalue weighted by molar-refractivity contribution is -0.130. The first-order chi connectivity index (χ1) is 9.29. The minimum Gasteiger partial charge on any atom is -0.389 e. The van der Waals surface area contributed by atoms with Gasteiger partial charge in [-0.25, -0.2) is 4.39 Å². The van der Waals surface area contributed by atoms with Crippen molar-refractivity contribution < 1.29 is 9.18 Å². The molecule has 1 unspecified atom stereocenters. The molecule has 1 aromatic carbocycles. The maximum Gasteiger partial charge on any atom is 0.244 e. The number of thiocarbonyl (C=S) groups is 1. The largest absolute Gasteiger partial charge is 0.389 e. The number of amides is 1. The third-order valence-corrected chi connectivity index (χ3v) is 3.94. The number of halogens is 2. The van der Waals surface area contributed by atoms with Crippen LogP contribution in [-0.4, -0.2) is 35.4 Å². The standard InChI is InChI=1S/C13H17BrFN3OS/c1-4-18(3)13(19)7(2)17-9-6-5-8(12(16)20)10(14)11(9)15/h5-7,17H,4H2,1-3H3,(H2,16,20). The normalized spacial score (nSPS) is 11.8. The number of nitrogens with zero attached hydrogens (tertiary/aromatic N) is 1. The number of carbonyl (C=O) groups is 1. The molecule has 0 saturated carbocycles. The molecule has 0 radical (unpaired) electrons. The summed E-state index contributed by atoms with van der Waals surface area (Å²) in [6.07, 6.45) is 0. The van der Waals surface area contributed by atoms with Crippen LogP contribution < -0.4 is 11.1 Å². The Kier molecular flexibility index (Phi) is 5.88. The molecule has 0 heterocycles. The number of carbonyl (C=O) groups excluding carboxylic acids is 1. The van der Waals surface area contributed by atoms with E-state index in [4.69, 9.17) is 18.0 Å². The summed E-state index contributed by atoms with van der Waals surface area (Å²) in [7, 11) is 1.70. The average molecular weight is 362 g/mol. The summed E-state index contributed by atoms with van der Waals surface area (Å²) in [6.45, 7) is 4.15. The SMILES string of the molecule is CCN(C)C(=O)C(C)Nc1ccc(C(N)=S)c(Br)c1F. The first kappa shape index (κ1) is 16.8. The summed E-state index contributed by atoms with van der Waals surface area (Å²) in [5.74, 6) is -0.629. The Morgan fingerprint density at radius 2 is 2.20 bits per heavy atom. The number of hydrogen-bond donors (Lipinski definition) is 2. The highest BCUT2D eigenvalue weighted by atomic mass is 79.9. The molecule has 0 aliphatic carbocycles. The number of anilines is 1. The van der Waals surface area contributed by atoms with Gasteiger partial charge in [0, 0.05) is 19.2 Å². The van der Waals surface area contributed by atoms with Gasteiger partial charge < -0.3 is 16.0 Å². The fourth-order valence-corrected chi connectivity index (χ4v) is 2.49. The topological polar surface area (TPSA) is 58.4 Å². The molecule has 0 aliphatic rings. The molecule has 1 atom stereocenters. The minimum absolute atomic E-state index is 0.108. The van der Waals surface area contributed by atoms with Crippen LogP contribution in [0.5, 0.6) is 0 Å². The summed E-state index contributed by atoms with van der Waals surface area (Å²) in [5.41, 5.74) is 6.14. The number of hydrogen-bond acceptors (Lipinski definition) is 3. The van der Waals surface area contributed by atoms with Gasteiger partial charge in [-0.3, -0.25) is 4.79 Å². The molecule has 0 spiro atoms. The summed E-state index contributed by atoms with van der Waals surface area (Å²) in [5, 5.41) is 2.85. The van der Waals surface area contributed by atoms with E-state index >= 15 is 0 Å². The Morgan fingerprint density at radius 1 is 1.60 bits per heavy atom. The van der Waals surface area contributed by atoms with E-state index in [1.54, 1.807) is 24.9 Å². The lowest BCUT2D eigenvalue weighted by atomic mass is 10.1. The second-order valence-electron chi connectivity index (χ2n) is 4.37.